The van der Waals surface area contributed by atoms with Crippen molar-refractivity contribution >= 4 is 5.82 Å². The molecular weight excluding hydrogens is 368 g/mol. The molecule has 1 atom stereocenters. The van der Waals surface area contributed by atoms with E-state index in [-0.39, 0.29) is 12.1 Å². The van der Waals surface area contributed by atoms with Crippen LogP contribution in [0, 0.1) is 0 Å². The van der Waals surface area contributed by atoms with Gasteiger partial charge in [-0.1, -0.05) is 6.92 Å². The Morgan fingerprint density at radius 1 is 1.07 bits per heavy atom. The second-order valence-electron chi connectivity index (χ2n) is 7.09. The molecule has 0 aromatic carbocycles. The SMILES string of the molecule is CCC1c2nncn2-c2cnc(-n3ccnc3-c3cccnn3)nc2N1C(C)C. The van der Waals surface area contributed by atoms with Crippen molar-refractivity contribution in [3.63, 3.8) is 0 Å². The molecule has 1 aliphatic rings. The van der Waals surface area contributed by atoms with Gasteiger partial charge >= 0.3 is 0 Å². The zero-order chi connectivity index (χ0) is 20.0. The first kappa shape index (κ1) is 17.4. The van der Waals surface area contributed by atoms with Gasteiger partial charge in [0.05, 0.1) is 12.2 Å². The third-order valence-corrected chi connectivity index (χ3v) is 5.05. The van der Waals surface area contributed by atoms with Crippen molar-refractivity contribution in [1.29, 1.82) is 0 Å². The zero-order valence-corrected chi connectivity index (χ0v) is 16.4. The van der Waals surface area contributed by atoms with Crippen molar-refractivity contribution in [3.8, 4) is 23.2 Å². The molecule has 5 rings (SSSR count). The Kier molecular flexibility index (Phi) is 4.04. The van der Waals surface area contributed by atoms with Crippen molar-refractivity contribution in [2.75, 3.05) is 4.90 Å². The van der Waals surface area contributed by atoms with Gasteiger partial charge in [-0.05, 0) is 32.4 Å². The van der Waals surface area contributed by atoms with Gasteiger partial charge < -0.3 is 4.90 Å². The summed E-state index contributed by atoms with van der Waals surface area (Å²) in [5.41, 5.74) is 1.53. The average molecular weight is 388 g/mol. The first-order chi connectivity index (χ1) is 14.2. The highest BCUT2D eigenvalue weighted by Gasteiger charge is 2.35. The van der Waals surface area contributed by atoms with Crippen LogP contribution in [-0.2, 0) is 0 Å². The molecule has 0 aliphatic carbocycles. The van der Waals surface area contributed by atoms with Crippen molar-refractivity contribution < 1.29 is 0 Å². The van der Waals surface area contributed by atoms with E-state index in [1.165, 1.54) is 0 Å². The molecular formula is C19H20N10. The van der Waals surface area contributed by atoms with Crippen LogP contribution >= 0.6 is 0 Å². The Balaban J connectivity index is 1.68. The van der Waals surface area contributed by atoms with E-state index in [1.807, 2.05) is 33.7 Å². The van der Waals surface area contributed by atoms with Gasteiger partial charge in [0.1, 0.15) is 17.7 Å². The fraction of sp³-hybridized carbons (Fsp3) is 0.316. The van der Waals surface area contributed by atoms with E-state index in [0.29, 0.717) is 17.5 Å². The second-order valence-corrected chi connectivity index (χ2v) is 7.09. The molecule has 29 heavy (non-hydrogen) atoms. The lowest BCUT2D eigenvalue weighted by Gasteiger charge is -2.39. The fourth-order valence-corrected chi connectivity index (χ4v) is 3.82. The molecule has 10 heteroatoms. The van der Waals surface area contributed by atoms with Crippen molar-refractivity contribution in [1.82, 2.24) is 44.5 Å². The topological polar surface area (TPSA) is 103 Å². The molecule has 1 unspecified atom stereocenters. The Bertz CT molecular complexity index is 1150. The standard InChI is InChI=1S/C19H20N10/c1-4-14-18-26-23-11-28(18)15-10-21-19(24-17(15)29(14)12(2)3)27-9-8-20-16(27)13-6-5-7-22-25-13/h5-12,14H,4H2,1-3H3. The summed E-state index contributed by atoms with van der Waals surface area (Å²) in [5, 5.41) is 16.6. The van der Waals surface area contributed by atoms with Crippen LogP contribution in [0.3, 0.4) is 0 Å². The predicted molar refractivity (Wildman–Crippen MR) is 106 cm³/mol. The van der Waals surface area contributed by atoms with Gasteiger partial charge in [0.25, 0.3) is 0 Å². The van der Waals surface area contributed by atoms with E-state index in [4.69, 9.17) is 4.98 Å². The van der Waals surface area contributed by atoms with Gasteiger partial charge in [0, 0.05) is 24.6 Å². The summed E-state index contributed by atoms with van der Waals surface area (Å²) in [6.45, 7) is 6.46. The van der Waals surface area contributed by atoms with Crippen LogP contribution in [0.25, 0.3) is 23.2 Å². The highest BCUT2D eigenvalue weighted by Crippen LogP contribution is 2.39. The Morgan fingerprint density at radius 2 is 1.97 bits per heavy atom. The summed E-state index contributed by atoms with van der Waals surface area (Å²) in [7, 11) is 0. The molecule has 0 N–H and O–H groups in total. The third-order valence-electron chi connectivity index (χ3n) is 5.05. The Hall–Kier alpha value is -3.69. The summed E-state index contributed by atoms with van der Waals surface area (Å²) >= 11 is 0. The lowest BCUT2D eigenvalue weighted by molar-refractivity contribution is 0.497. The number of nitrogens with zero attached hydrogens (tertiary/aromatic N) is 10. The fourth-order valence-electron chi connectivity index (χ4n) is 3.82. The molecule has 0 radical (unpaired) electrons. The normalized spacial score (nSPS) is 15.4. The van der Waals surface area contributed by atoms with Gasteiger partial charge in [-0.15, -0.1) is 15.3 Å². The van der Waals surface area contributed by atoms with E-state index in [2.05, 4.69) is 56.0 Å². The molecule has 0 fully saturated rings. The summed E-state index contributed by atoms with van der Waals surface area (Å²) in [6, 6.07) is 4.01. The maximum atomic E-state index is 4.93. The van der Waals surface area contributed by atoms with E-state index in [0.717, 1.165) is 23.8 Å². The van der Waals surface area contributed by atoms with Crippen LogP contribution in [0.2, 0.25) is 0 Å². The monoisotopic (exact) mass is 388 g/mol. The molecule has 0 amide bonds. The highest BCUT2D eigenvalue weighted by molar-refractivity contribution is 5.63. The number of anilines is 1. The van der Waals surface area contributed by atoms with Crippen molar-refractivity contribution in [2.24, 2.45) is 0 Å². The number of imidazole rings is 1. The van der Waals surface area contributed by atoms with Crippen molar-refractivity contribution in [3.05, 3.63) is 49.1 Å². The van der Waals surface area contributed by atoms with E-state index < -0.39 is 0 Å². The maximum absolute atomic E-state index is 4.93. The minimum absolute atomic E-state index is 0.0926. The molecule has 0 bridgehead atoms. The molecule has 5 heterocycles. The van der Waals surface area contributed by atoms with Crippen LogP contribution in [0.15, 0.2) is 43.2 Å². The highest BCUT2D eigenvalue weighted by atomic mass is 15.4. The molecule has 4 aromatic rings. The molecule has 1 aliphatic heterocycles. The predicted octanol–water partition coefficient (Wildman–Crippen LogP) is 2.38. The van der Waals surface area contributed by atoms with Crippen LogP contribution in [0.5, 0.6) is 0 Å². The third kappa shape index (κ3) is 2.67. The molecule has 10 nitrogen and oxygen atoms in total. The minimum atomic E-state index is 0.0926. The summed E-state index contributed by atoms with van der Waals surface area (Å²) in [4.78, 5) is 16.2. The number of aromatic nitrogens is 9. The van der Waals surface area contributed by atoms with E-state index >= 15 is 0 Å². The largest absolute Gasteiger partial charge is 0.342 e. The van der Waals surface area contributed by atoms with Crippen LogP contribution in [0.1, 0.15) is 39.1 Å². The molecule has 0 saturated heterocycles. The van der Waals surface area contributed by atoms with Gasteiger partial charge in [-0.3, -0.25) is 9.13 Å². The Labute approximate surface area is 167 Å². The van der Waals surface area contributed by atoms with Gasteiger partial charge in [0.15, 0.2) is 17.5 Å². The lowest BCUT2D eigenvalue weighted by Crippen LogP contribution is -2.40. The van der Waals surface area contributed by atoms with Crippen LogP contribution < -0.4 is 4.90 Å². The van der Waals surface area contributed by atoms with Gasteiger partial charge in [-0.25, -0.2) is 9.97 Å². The quantitative estimate of drug-likeness (QED) is 0.525. The summed E-state index contributed by atoms with van der Waals surface area (Å²) in [6.07, 6.45) is 9.60. The van der Waals surface area contributed by atoms with E-state index in [1.54, 1.807) is 18.7 Å². The lowest BCUT2D eigenvalue weighted by atomic mass is 10.1. The summed E-state index contributed by atoms with van der Waals surface area (Å²) in [5.74, 6) is 2.93. The van der Waals surface area contributed by atoms with Crippen LogP contribution in [-0.4, -0.2) is 50.5 Å². The van der Waals surface area contributed by atoms with Gasteiger partial charge in [0.2, 0.25) is 5.95 Å². The Morgan fingerprint density at radius 3 is 2.72 bits per heavy atom. The molecule has 0 spiro atoms. The first-order valence-electron chi connectivity index (χ1n) is 9.56. The second kappa shape index (κ2) is 6.73. The van der Waals surface area contributed by atoms with Crippen molar-refractivity contribution in [2.45, 2.75) is 39.3 Å². The van der Waals surface area contributed by atoms with E-state index in [9.17, 15) is 0 Å². The van der Waals surface area contributed by atoms with Gasteiger partial charge in [-0.2, -0.15) is 10.1 Å². The average Bonchev–Trinajstić information content (AvgIpc) is 3.42. The molecule has 4 aromatic heterocycles. The molecule has 0 saturated carbocycles. The zero-order valence-electron chi connectivity index (χ0n) is 16.4. The maximum Gasteiger partial charge on any atom is 0.237 e. The summed E-state index contributed by atoms with van der Waals surface area (Å²) < 4.78 is 3.80. The number of hydrogen-bond acceptors (Lipinski definition) is 8. The number of hydrogen-bond donors (Lipinski definition) is 0. The first-order valence-corrected chi connectivity index (χ1v) is 9.56. The smallest absolute Gasteiger partial charge is 0.237 e. The number of fused-ring (bicyclic) bond motifs is 3. The number of rotatable bonds is 4. The molecule has 146 valence electrons. The van der Waals surface area contributed by atoms with Crippen LogP contribution in [0.4, 0.5) is 5.82 Å². The minimum Gasteiger partial charge on any atom is -0.342 e.